The average molecular weight is 912 g/mol. The Morgan fingerprint density at radius 2 is 1.47 bits per heavy atom. The highest BCUT2D eigenvalue weighted by atomic mass is 16.8. The summed E-state index contributed by atoms with van der Waals surface area (Å²) in [5.74, 6) is -6.13. The largest absolute Gasteiger partial charge is 0.477 e. The van der Waals surface area contributed by atoms with Gasteiger partial charge in [0.25, 0.3) is 5.79 Å². The molecular weight excluding hydrogens is 854 g/mol. The van der Waals surface area contributed by atoms with Crippen molar-refractivity contribution in [3.8, 4) is 11.1 Å². The van der Waals surface area contributed by atoms with E-state index in [0.29, 0.717) is 0 Å². The summed E-state index contributed by atoms with van der Waals surface area (Å²) in [7, 11) is 0. The molecule has 0 bridgehead atoms. The lowest BCUT2D eigenvalue weighted by molar-refractivity contribution is -0.388. The number of carboxylic acids is 1. The van der Waals surface area contributed by atoms with Crippen molar-refractivity contribution in [2.45, 2.75) is 123 Å². The van der Waals surface area contributed by atoms with Gasteiger partial charge in [0.1, 0.15) is 67.6 Å². The standard InChI is InChI=1S/C42H57NO21/c1-3-25(47)24(43-41(57)59-16-23-21-10-6-4-8-19(21)20-9-5-7-11-22(20)23)17-58-38-33(53)32(52)36(29(15-46)61-38)62-39-34(54)37(31(51)28(14-45)60-39)64-42(40(55)56)12-26(48)18(2)35(63-42)30(50)27(49)13-44/h3-11,18,23-39,44-54H,1,12-17H2,2H3,(H,43,57)(H,55,56)/t18-,24+,25-,26-,27-,28?,29?,30-,31+,32-,33+,34+,35?,36-,37+,38?,39?,42?/m1/s1. The summed E-state index contributed by atoms with van der Waals surface area (Å²) in [4.78, 5) is 25.8. The van der Waals surface area contributed by atoms with E-state index in [1.54, 1.807) is 0 Å². The van der Waals surface area contributed by atoms with Gasteiger partial charge >= 0.3 is 12.1 Å². The number of carbonyl (C=O) groups is 2. The van der Waals surface area contributed by atoms with Gasteiger partial charge in [-0.25, -0.2) is 9.59 Å². The van der Waals surface area contributed by atoms with E-state index in [9.17, 15) is 70.9 Å². The molecule has 18 atom stereocenters. The van der Waals surface area contributed by atoms with Gasteiger partial charge in [0.15, 0.2) is 12.6 Å². The molecule has 6 rings (SSSR count). The summed E-state index contributed by atoms with van der Waals surface area (Å²) in [6.45, 7) is 1.43. The molecule has 4 aliphatic rings. The molecule has 3 aliphatic heterocycles. The first-order chi connectivity index (χ1) is 30.5. The van der Waals surface area contributed by atoms with Gasteiger partial charge < -0.3 is 99.8 Å². The van der Waals surface area contributed by atoms with Gasteiger partial charge in [0.05, 0.1) is 50.8 Å². The predicted octanol–water partition coefficient (Wildman–Crippen LogP) is -3.61. The number of benzene rings is 2. The van der Waals surface area contributed by atoms with Gasteiger partial charge in [-0.3, -0.25) is 0 Å². The van der Waals surface area contributed by atoms with Crippen LogP contribution in [0.3, 0.4) is 0 Å². The molecule has 64 heavy (non-hydrogen) atoms. The lowest BCUT2D eigenvalue weighted by Gasteiger charge is -2.50. The molecule has 0 saturated carbocycles. The number of amides is 1. The molecule has 3 fully saturated rings. The first-order valence-electron chi connectivity index (χ1n) is 20.7. The van der Waals surface area contributed by atoms with Crippen LogP contribution in [0.25, 0.3) is 11.1 Å². The number of hydrogen-bond acceptors (Lipinski definition) is 20. The van der Waals surface area contributed by atoms with Crippen molar-refractivity contribution in [3.05, 3.63) is 72.3 Å². The molecule has 13 N–H and O–H groups in total. The van der Waals surface area contributed by atoms with Crippen molar-refractivity contribution >= 4 is 12.1 Å². The van der Waals surface area contributed by atoms with Crippen LogP contribution in [0, 0.1) is 5.92 Å². The highest BCUT2D eigenvalue weighted by Crippen LogP contribution is 2.45. The van der Waals surface area contributed by atoms with Crippen LogP contribution < -0.4 is 5.32 Å². The van der Waals surface area contributed by atoms with E-state index >= 15 is 0 Å². The van der Waals surface area contributed by atoms with E-state index in [1.165, 1.54) is 6.92 Å². The molecule has 2 aromatic carbocycles. The van der Waals surface area contributed by atoms with Crippen LogP contribution in [0.1, 0.15) is 30.4 Å². The number of ether oxygens (including phenoxy) is 7. The Labute approximate surface area is 366 Å². The summed E-state index contributed by atoms with van der Waals surface area (Å²) in [6.07, 6.45) is -28.2. The van der Waals surface area contributed by atoms with Gasteiger partial charge in [-0.2, -0.15) is 0 Å². The molecule has 1 aliphatic carbocycles. The number of aliphatic hydroxyl groups is 11. The predicted molar refractivity (Wildman–Crippen MR) is 214 cm³/mol. The summed E-state index contributed by atoms with van der Waals surface area (Å²) in [6, 6.07) is 14.2. The fourth-order valence-corrected chi connectivity index (χ4v) is 8.44. The van der Waals surface area contributed by atoms with Crippen LogP contribution in [0.5, 0.6) is 0 Å². The molecule has 0 radical (unpaired) electrons. The molecule has 22 nitrogen and oxygen atoms in total. The fraction of sp³-hybridized carbons (Fsp3) is 0.619. The monoisotopic (exact) mass is 911 g/mol. The first-order valence-corrected chi connectivity index (χ1v) is 20.7. The number of hydrogen-bond donors (Lipinski definition) is 13. The van der Waals surface area contributed by atoms with Crippen LogP contribution in [-0.2, 0) is 38.0 Å². The first kappa shape index (κ1) is 49.7. The minimum atomic E-state index is -2.93. The van der Waals surface area contributed by atoms with E-state index in [2.05, 4.69) is 11.9 Å². The van der Waals surface area contributed by atoms with Crippen molar-refractivity contribution in [1.29, 1.82) is 0 Å². The number of fused-ring (bicyclic) bond motifs is 3. The normalized spacial score (nSPS) is 35.9. The van der Waals surface area contributed by atoms with Gasteiger partial charge in [-0.1, -0.05) is 61.5 Å². The molecule has 0 aromatic heterocycles. The van der Waals surface area contributed by atoms with Crippen molar-refractivity contribution < 1.29 is 104 Å². The molecule has 3 saturated heterocycles. The molecule has 6 unspecified atom stereocenters. The quantitative estimate of drug-likeness (QED) is 0.0642. The third-order valence-electron chi connectivity index (χ3n) is 12.2. The number of carbonyl (C=O) groups excluding carboxylic acids is 1. The van der Waals surface area contributed by atoms with Crippen molar-refractivity contribution in [1.82, 2.24) is 5.32 Å². The van der Waals surface area contributed by atoms with E-state index < -0.39 is 155 Å². The Morgan fingerprint density at radius 1 is 0.859 bits per heavy atom. The lowest BCUT2D eigenvalue weighted by Crippen LogP contribution is -2.68. The Kier molecular flexibility index (Phi) is 16.5. The zero-order valence-corrected chi connectivity index (χ0v) is 34.6. The second-order valence-electron chi connectivity index (χ2n) is 16.2. The summed E-state index contributed by atoms with van der Waals surface area (Å²) in [5, 5.41) is 130. The maximum atomic E-state index is 13.1. The SMILES string of the molecule is C=C[C@@H](O)[C@H](COC1OC(CO)[C@@H](OC2OC(CO)[C@H](O)[C@H](OC3(C(=O)O)C[C@@H](O)[C@@H](C)C([C@H](O)[C@H](O)CO)O3)[C@@H]2O)[C@H](O)[C@@H]1O)NC(=O)OCC1c2ccccc2-c2ccccc21. The lowest BCUT2D eigenvalue weighted by atomic mass is 9.84. The van der Waals surface area contributed by atoms with E-state index in [-0.39, 0.29) is 12.5 Å². The van der Waals surface area contributed by atoms with E-state index in [0.717, 1.165) is 28.3 Å². The van der Waals surface area contributed by atoms with Gasteiger partial charge in [0.2, 0.25) is 0 Å². The Hall–Kier alpha value is -3.76. The average Bonchev–Trinajstić information content (AvgIpc) is 3.62. The van der Waals surface area contributed by atoms with Gasteiger partial charge in [-0.05, 0) is 22.3 Å². The number of alkyl carbamates (subject to hydrolysis) is 1. The molecule has 22 heteroatoms. The van der Waals surface area contributed by atoms with Crippen LogP contribution in [0.4, 0.5) is 4.79 Å². The van der Waals surface area contributed by atoms with Crippen molar-refractivity contribution in [2.75, 3.05) is 33.0 Å². The third kappa shape index (κ3) is 10.1. The number of aliphatic hydroxyl groups excluding tert-OH is 11. The van der Waals surface area contributed by atoms with Crippen molar-refractivity contribution in [3.63, 3.8) is 0 Å². The van der Waals surface area contributed by atoms with Crippen LogP contribution >= 0.6 is 0 Å². The molecule has 0 spiro atoms. The zero-order chi connectivity index (χ0) is 46.6. The Balaban J connectivity index is 1.10. The smallest absolute Gasteiger partial charge is 0.407 e. The minimum absolute atomic E-state index is 0.0459. The summed E-state index contributed by atoms with van der Waals surface area (Å²) >= 11 is 0. The topological polar surface area (TPSA) is 354 Å². The minimum Gasteiger partial charge on any atom is -0.477 e. The highest BCUT2D eigenvalue weighted by molar-refractivity contribution is 5.79. The highest BCUT2D eigenvalue weighted by Gasteiger charge is 2.59. The van der Waals surface area contributed by atoms with Crippen molar-refractivity contribution in [2.24, 2.45) is 5.92 Å². The third-order valence-corrected chi connectivity index (χ3v) is 12.2. The molecule has 1 amide bonds. The molecule has 3 heterocycles. The summed E-state index contributed by atoms with van der Waals surface area (Å²) in [5.41, 5.74) is 3.97. The summed E-state index contributed by atoms with van der Waals surface area (Å²) < 4.78 is 39.5. The fourth-order valence-electron chi connectivity index (χ4n) is 8.44. The zero-order valence-electron chi connectivity index (χ0n) is 34.6. The number of aliphatic carboxylic acids is 1. The molecule has 356 valence electrons. The van der Waals surface area contributed by atoms with Crippen LogP contribution in [-0.4, -0.2) is 210 Å². The molecule has 2 aromatic rings. The second-order valence-corrected chi connectivity index (χ2v) is 16.2. The second kappa shape index (κ2) is 21.3. The van der Waals surface area contributed by atoms with E-state index in [4.69, 9.17) is 33.2 Å². The number of nitrogens with one attached hydrogen (secondary N) is 1. The Bertz CT molecular complexity index is 1840. The Morgan fingerprint density at radius 3 is 2.05 bits per heavy atom. The molecular formula is C42H57NO21. The maximum Gasteiger partial charge on any atom is 0.407 e. The van der Waals surface area contributed by atoms with E-state index in [1.807, 2.05) is 48.5 Å². The number of carboxylic acid groups (broad SMARTS) is 1. The van der Waals surface area contributed by atoms with Crippen LogP contribution in [0.2, 0.25) is 0 Å². The van der Waals surface area contributed by atoms with Gasteiger partial charge in [-0.15, -0.1) is 6.58 Å². The number of rotatable bonds is 18. The van der Waals surface area contributed by atoms with Crippen LogP contribution in [0.15, 0.2) is 61.2 Å². The van der Waals surface area contributed by atoms with Gasteiger partial charge in [0, 0.05) is 18.3 Å². The maximum absolute atomic E-state index is 13.1.